The maximum Gasteiger partial charge on any atom is 0.408 e. The lowest BCUT2D eigenvalue weighted by atomic mass is 9.98. The van der Waals surface area contributed by atoms with Gasteiger partial charge in [0, 0.05) is 12.7 Å². The van der Waals surface area contributed by atoms with Gasteiger partial charge in [-0.15, -0.1) is 0 Å². The highest BCUT2D eigenvalue weighted by Gasteiger charge is 2.35. The first kappa shape index (κ1) is 29.2. The van der Waals surface area contributed by atoms with Gasteiger partial charge in [0.05, 0.1) is 6.42 Å². The number of anilines is 1. The van der Waals surface area contributed by atoms with Crippen LogP contribution in [0.4, 0.5) is 10.5 Å². The lowest BCUT2D eigenvalue weighted by molar-refractivity contribution is -0.140. The Labute approximate surface area is 228 Å². The Bertz CT molecular complexity index is 1400. The van der Waals surface area contributed by atoms with Crippen molar-refractivity contribution in [2.75, 3.05) is 12.4 Å². The first-order chi connectivity index (χ1) is 18.2. The molecule has 0 aromatic heterocycles. The summed E-state index contributed by atoms with van der Waals surface area (Å²) in [6.07, 6.45) is -1.34. The maximum atomic E-state index is 13.7. The Morgan fingerprint density at radius 3 is 2.21 bits per heavy atom. The summed E-state index contributed by atoms with van der Waals surface area (Å²) in [6, 6.07) is 16.4. The molecule has 2 unspecified atom stereocenters. The van der Waals surface area contributed by atoms with E-state index in [2.05, 4.69) is 10.6 Å². The van der Waals surface area contributed by atoms with Gasteiger partial charge in [-0.1, -0.05) is 48.5 Å². The third-order valence-electron chi connectivity index (χ3n) is 6.24. The molecule has 9 heteroatoms. The number of carbonyl (C=O) groups excluding carboxylic acids is 4. The summed E-state index contributed by atoms with van der Waals surface area (Å²) in [5.74, 6) is -1.92. The number of hydrogen-bond acceptors (Lipinski definition) is 5. The molecule has 39 heavy (non-hydrogen) atoms. The van der Waals surface area contributed by atoms with Crippen molar-refractivity contribution in [2.45, 2.75) is 58.7 Å². The Balaban J connectivity index is 1.95. The molecule has 3 aromatic rings. The molecule has 0 spiro atoms. The van der Waals surface area contributed by atoms with Crippen molar-refractivity contribution in [1.29, 1.82) is 0 Å². The molecular weight excluding hydrogens is 496 g/mol. The third-order valence-corrected chi connectivity index (χ3v) is 6.24. The summed E-state index contributed by atoms with van der Waals surface area (Å²) in [5, 5.41) is 7.33. The minimum Gasteiger partial charge on any atom is -0.444 e. The highest BCUT2D eigenvalue weighted by molar-refractivity contribution is 6.01. The van der Waals surface area contributed by atoms with E-state index in [-0.39, 0.29) is 0 Å². The van der Waals surface area contributed by atoms with E-state index >= 15 is 0 Å². The summed E-state index contributed by atoms with van der Waals surface area (Å²) < 4.78 is 5.26. The van der Waals surface area contributed by atoms with Gasteiger partial charge < -0.3 is 26.0 Å². The molecule has 0 aliphatic carbocycles. The molecule has 0 saturated heterocycles. The number of alkyl carbamates (subject to hydrolysis) is 1. The van der Waals surface area contributed by atoms with Gasteiger partial charge >= 0.3 is 6.09 Å². The number of amides is 4. The van der Waals surface area contributed by atoms with Crippen molar-refractivity contribution in [1.82, 2.24) is 10.2 Å². The van der Waals surface area contributed by atoms with Crippen LogP contribution >= 0.6 is 0 Å². The van der Waals surface area contributed by atoms with E-state index in [1.807, 2.05) is 62.4 Å². The fourth-order valence-corrected chi connectivity index (χ4v) is 4.19. The molecule has 0 saturated carbocycles. The van der Waals surface area contributed by atoms with E-state index < -0.39 is 47.9 Å². The van der Waals surface area contributed by atoms with Crippen molar-refractivity contribution in [2.24, 2.45) is 5.73 Å². The highest BCUT2D eigenvalue weighted by Crippen LogP contribution is 2.26. The summed E-state index contributed by atoms with van der Waals surface area (Å²) in [6.45, 7) is 8.90. The molecule has 0 fully saturated rings. The van der Waals surface area contributed by atoms with Gasteiger partial charge in [0.15, 0.2) is 0 Å². The van der Waals surface area contributed by atoms with Gasteiger partial charge in [0.2, 0.25) is 11.8 Å². The van der Waals surface area contributed by atoms with Gasteiger partial charge in [-0.2, -0.15) is 0 Å². The minimum absolute atomic E-state index is 0.459. The van der Waals surface area contributed by atoms with Crippen molar-refractivity contribution < 1.29 is 23.9 Å². The molecule has 4 amide bonds. The molecule has 0 bridgehead atoms. The zero-order valence-electron chi connectivity index (χ0n) is 23.2. The average molecular weight is 533 g/mol. The second kappa shape index (κ2) is 12.0. The van der Waals surface area contributed by atoms with Crippen molar-refractivity contribution in [3.05, 3.63) is 77.4 Å². The Morgan fingerprint density at radius 1 is 0.923 bits per heavy atom. The molecule has 2 atom stereocenters. The number of nitrogens with two attached hydrogens (primary N) is 1. The Hall–Kier alpha value is -4.40. The quantitative estimate of drug-likeness (QED) is 0.397. The number of primary amides is 1. The molecule has 9 nitrogen and oxygen atoms in total. The van der Waals surface area contributed by atoms with E-state index in [4.69, 9.17) is 10.5 Å². The van der Waals surface area contributed by atoms with Crippen LogP contribution in [0.3, 0.4) is 0 Å². The Morgan fingerprint density at radius 2 is 1.59 bits per heavy atom. The monoisotopic (exact) mass is 532 g/mol. The van der Waals surface area contributed by atoms with Gasteiger partial charge in [-0.3, -0.25) is 14.4 Å². The molecule has 3 aromatic carbocycles. The molecule has 0 radical (unpaired) electrons. The lowest BCUT2D eigenvalue weighted by Crippen LogP contribution is -2.52. The average Bonchev–Trinajstić information content (AvgIpc) is 2.84. The van der Waals surface area contributed by atoms with Crippen LogP contribution in [0.5, 0.6) is 0 Å². The number of fused-ring (bicyclic) bond motifs is 1. The SMILES string of the molecule is Cc1ccc(C(C(=O)Nc2ccc3ccccc3c2)N(C)C(=O)C(CC(N)=O)NC(=O)OC(C)(C)C)cc1C. The number of carbonyl (C=O) groups is 4. The van der Waals surface area contributed by atoms with Crippen LogP contribution in [0, 0.1) is 13.8 Å². The molecular formula is C30H36N4O5. The van der Waals surface area contributed by atoms with Crippen LogP contribution in [0.2, 0.25) is 0 Å². The predicted octanol–water partition coefficient (Wildman–Crippen LogP) is 4.36. The number of ether oxygens (including phenoxy) is 1. The second-order valence-electron chi connectivity index (χ2n) is 10.6. The fourth-order valence-electron chi connectivity index (χ4n) is 4.19. The van der Waals surface area contributed by atoms with E-state index in [9.17, 15) is 19.2 Å². The van der Waals surface area contributed by atoms with Crippen LogP contribution in [0.1, 0.15) is 49.9 Å². The third kappa shape index (κ3) is 7.80. The van der Waals surface area contributed by atoms with E-state index in [1.54, 1.807) is 32.9 Å². The smallest absolute Gasteiger partial charge is 0.408 e. The summed E-state index contributed by atoms with van der Waals surface area (Å²) in [4.78, 5) is 52.8. The molecule has 3 rings (SSSR count). The second-order valence-corrected chi connectivity index (χ2v) is 10.6. The minimum atomic E-state index is -1.33. The molecule has 0 aliphatic heterocycles. The molecule has 206 valence electrons. The van der Waals surface area contributed by atoms with E-state index in [0.29, 0.717) is 11.3 Å². The number of rotatable bonds is 8. The maximum absolute atomic E-state index is 13.7. The lowest BCUT2D eigenvalue weighted by Gasteiger charge is -2.31. The molecule has 0 aliphatic rings. The topological polar surface area (TPSA) is 131 Å². The van der Waals surface area contributed by atoms with Gasteiger partial charge in [0.1, 0.15) is 17.7 Å². The van der Waals surface area contributed by atoms with Crippen molar-refractivity contribution in [3.63, 3.8) is 0 Å². The number of likely N-dealkylation sites (N-methyl/N-ethyl adjacent to an activating group) is 1. The zero-order valence-corrected chi connectivity index (χ0v) is 23.2. The first-order valence-electron chi connectivity index (χ1n) is 12.7. The molecule has 0 heterocycles. The fraction of sp³-hybridized carbons (Fsp3) is 0.333. The summed E-state index contributed by atoms with van der Waals surface area (Å²) in [5.41, 5.74) is 7.67. The normalized spacial score (nSPS) is 12.8. The van der Waals surface area contributed by atoms with Crippen LogP contribution in [0.25, 0.3) is 10.8 Å². The number of nitrogens with one attached hydrogen (secondary N) is 2. The van der Waals surface area contributed by atoms with Crippen LogP contribution in [0.15, 0.2) is 60.7 Å². The van der Waals surface area contributed by atoms with Gasteiger partial charge in [-0.05, 0) is 74.2 Å². The van der Waals surface area contributed by atoms with Crippen LogP contribution < -0.4 is 16.4 Å². The van der Waals surface area contributed by atoms with Gasteiger partial charge in [-0.25, -0.2) is 4.79 Å². The number of benzene rings is 3. The first-order valence-corrected chi connectivity index (χ1v) is 12.7. The van der Waals surface area contributed by atoms with E-state index in [1.165, 1.54) is 11.9 Å². The van der Waals surface area contributed by atoms with Crippen molar-refractivity contribution >= 4 is 40.3 Å². The standard InChI is InChI=1S/C30H36N4O5/c1-18-11-12-22(15-19(18)2)26(27(36)32-23-14-13-20-9-7-8-10-21(20)16-23)34(6)28(37)24(17-25(31)35)33-29(38)39-30(3,4)5/h7-16,24,26H,17H2,1-6H3,(H2,31,35)(H,32,36)(H,33,38). The number of aryl methyl sites for hydroxylation is 2. The summed E-state index contributed by atoms with van der Waals surface area (Å²) >= 11 is 0. The molecule has 4 N–H and O–H groups in total. The van der Waals surface area contributed by atoms with Crippen LogP contribution in [-0.4, -0.2) is 47.4 Å². The zero-order chi connectivity index (χ0) is 28.9. The Kier molecular flexibility index (Phi) is 8.96. The van der Waals surface area contributed by atoms with Crippen LogP contribution in [-0.2, 0) is 19.1 Å². The number of nitrogens with zero attached hydrogens (tertiary/aromatic N) is 1. The number of hydrogen-bond donors (Lipinski definition) is 3. The van der Waals surface area contributed by atoms with Gasteiger partial charge in [0.25, 0.3) is 5.91 Å². The highest BCUT2D eigenvalue weighted by atomic mass is 16.6. The van der Waals surface area contributed by atoms with E-state index in [0.717, 1.165) is 21.9 Å². The predicted molar refractivity (Wildman–Crippen MR) is 151 cm³/mol. The summed E-state index contributed by atoms with van der Waals surface area (Å²) in [7, 11) is 1.45. The van der Waals surface area contributed by atoms with Crippen molar-refractivity contribution in [3.8, 4) is 0 Å². The largest absolute Gasteiger partial charge is 0.444 e.